The van der Waals surface area contributed by atoms with Crippen molar-refractivity contribution in [3.63, 3.8) is 0 Å². The van der Waals surface area contributed by atoms with E-state index >= 15 is 0 Å². The minimum absolute atomic E-state index is 0.153. The van der Waals surface area contributed by atoms with E-state index < -0.39 is 10.4 Å². The zero-order valence-electron chi connectivity index (χ0n) is 12.4. The van der Waals surface area contributed by atoms with Gasteiger partial charge < -0.3 is 9.50 Å². The fraction of sp³-hybridized carbons (Fsp3) is 0.625. The monoisotopic (exact) mass is 323 g/mol. The van der Waals surface area contributed by atoms with E-state index in [-0.39, 0.29) is 11.2 Å². The second-order valence-corrected chi connectivity index (χ2v) is 7.88. The van der Waals surface area contributed by atoms with E-state index in [1.54, 1.807) is 6.07 Å². The van der Waals surface area contributed by atoms with Crippen LogP contribution in [-0.2, 0) is 22.2 Å². The van der Waals surface area contributed by atoms with Gasteiger partial charge in [-0.3, -0.25) is 4.55 Å². The van der Waals surface area contributed by atoms with Crippen LogP contribution in [0.15, 0.2) is 18.2 Å². The number of fused-ring (bicyclic) bond motifs is 1. The first-order valence-corrected chi connectivity index (χ1v) is 9.38. The van der Waals surface area contributed by atoms with Crippen molar-refractivity contribution in [2.45, 2.75) is 50.0 Å². The molecule has 2 N–H and O–H groups in total. The lowest BCUT2D eigenvalue weighted by Crippen LogP contribution is -2.59. The number of benzene rings is 1. The summed E-state index contributed by atoms with van der Waals surface area (Å²) in [6.45, 7) is 1.02. The molecule has 3 aliphatic rings. The first kappa shape index (κ1) is 14.5. The van der Waals surface area contributed by atoms with Gasteiger partial charge in [0.05, 0.1) is 0 Å². The summed E-state index contributed by atoms with van der Waals surface area (Å²) in [6, 6.07) is 5.99. The van der Waals surface area contributed by atoms with Gasteiger partial charge in [-0.25, -0.2) is 0 Å². The molecule has 0 amide bonds. The molecule has 0 spiro atoms. The number of hydrogen-bond donors (Lipinski definition) is 2. The first-order chi connectivity index (χ1) is 10.5. The molecule has 1 heterocycles. The highest BCUT2D eigenvalue weighted by Gasteiger charge is 2.51. The van der Waals surface area contributed by atoms with Gasteiger partial charge in [0.1, 0.15) is 5.75 Å². The highest BCUT2D eigenvalue weighted by molar-refractivity contribution is 7.81. The third-order valence-electron chi connectivity index (χ3n) is 5.82. The lowest BCUT2D eigenvalue weighted by Gasteiger charge is -2.56. The standard InChI is InChI=1S/C16H21NO4S/c18-22(19,20)21-12-5-4-11-9-15-13-3-1-2-6-16(13,7-8-17-15)14(11)10-12/h4-5,10,13,15,17H,1-3,6-9H2,(H,18,19,20)/t13-,15+,16+/m1/s1. The van der Waals surface area contributed by atoms with E-state index in [0.29, 0.717) is 12.0 Å². The fourth-order valence-corrected chi connectivity index (χ4v) is 5.42. The molecule has 1 aliphatic heterocycles. The molecular formula is C16H21NO4S. The number of nitrogens with one attached hydrogen (secondary N) is 1. The predicted octanol–water partition coefficient (Wildman–Crippen LogP) is 2.21. The van der Waals surface area contributed by atoms with Crippen molar-refractivity contribution in [2.75, 3.05) is 6.54 Å². The molecule has 3 atom stereocenters. The van der Waals surface area contributed by atoms with Gasteiger partial charge in [-0.05, 0) is 61.4 Å². The van der Waals surface area contributed by atoms with Crippen LogP contribution in [0.1, 0.15) is 43.2 Å². The molecular weight excluding hydrogens is 302 g/mol. The summed E-state index contributed by atoms with van der Waals surface area (Å²) >= 11 is 0. The Balaban J connectivity index is 1.81. The summed E-state index contributed by atoms with van der Waals surface area (Å²) in [7, 11) is -4.47. The Morgan fingerprint density at radius 2 is 2.14 bits per heavy atom. The number of piperidine rings is 1. The molecule has 0 aromatic heterocycles. The molecule has 6 heteroatoms. The third kappa shape index (κ3) is 2.25. The van der Waals surface area contributed by atoms with Gasteiger partial charge in [0.2, 0.25) is 0 Å². The smallest absolute Gasteiger partial charge is 0.362 e. The summed E-state index contributed by atoms with van der Waals surface area (Å²) in [5.74, 6) is 0.848. The molecule has 22 heavy (non-hydrogen) atoms. The molecule has 0 unspecified atom stereocenters. The second-order valence-electron chi connectivity index (χ2n) is 6.85. The van der Waals surface area contributed by atoms with Crippen LogP contribution in [0.2, 0.25) is 0 Å². The zero-order valence-corrected chi connectivity index (χ0v) is 13.2. The average molecular weight is 323 g/mol. The number of hydrogen-bond acceptors (Lipinski definition) is 4. The SMILES string of the molecule is O=S(=O)(O)Oc1ccc2c(c1)[C@]13CCCC[C@@H]1[C@H](C2)NCC3. The lowest BCUT2D eigenvalue weighted by atomic mass is 9.53. The topological polar surface area (TPSA) is 75.6 Å². The minimum atomic E-state index is -4.47. The molecule has 0 radical (unpaired) electrons. The van der Waals surface area contributed by atoms with E-state index in [0.717, 1.165) is 25.8 Å². The van der Waals surface area contributed by atoms with Crippen molar-refractivity contribution in [1.82, 2.24) is 5.32 Å². The van der Waals surface area contributed by atoms with Crippen molar-refractivity contribution in [3.05, 3.63) is 29.3 Å². The lowest BCUT2D eigenvalue weighted by molar-refractivity contribution is 0.0796. The van der Waals surface area contributed by atoms with E-state index in [4.69, 9.17) is 8.74 Å². The quantitative estimate of drug-likeness (QED) is 0.816. The van der Waals surface area contributed by atoms with Crippen molar-refractivity contribution in [2.24, 2.45) is 5.92 Å². The predicted molar refractivity (Wildman–Crippen MR) is 82.4 cm³/mol. The van der Waals surface area contributed by atoms with Gasteiger partial charge >= 0.3 is 10.4 Å². The molecule has 2 aliphatic carbocycles. The summed E-state index contributed by atoms with van der Waals surface area (Å²) in [5.41, 5.74) is 2.69. The summed E-state index contributed by atoms with van der Waals surface area (Å²) in [6.07, 6.45) is 7.00. The van der Waals surface area contributed by atoms with Crippen molar-refractivity contribution in [3.8, 4) is 5.75 Å². The maximum Gasteiger partial charge on any atom is 0.446 e. The Morgan fingerprint density at radius 1 is 1.27 bits per heavy atom. The van der Waals surface area contributed by atoms with E-state index in [1.165, 1.54) is 30.4 Å². The van der Waals surface area contributed by atoms with Gasteiger partial charge in [0, 0.05) is 11.5 Å². The molecule has 1 aromatic rings. The molecule has 1 saturated carbocycles. The Hall–Kier alpha value is -1.11. The third-order valence-corrected chi connectivity index (χ3v) is 6.22. The highest BCUT2D eigenvalue weighted by atomic mass is 32.3. The summed E-state index contributed by atoms with van der Waals surface area (Å²) in [4.78, 5) is 0. The Bertz CT molecular complexity index is 698. The minimum Gasteiger partial charge on any atom is -0.362 e. The van der Waals surface area contributed by atoms with Crippen LogP contribution in [0, 0.1) is 5.92 Å². The Labute approximate surface area is 131 Å². The maximum atomic E-state index is 11.0. The van der Waals surface area contributed by atoms with Gasteiger partial charge in [-0.1, -0.05) is 18.9 Å². The van der Waals surface area contributed by atoms with Gasteiger partial charge in [0.25, 0.3) is 0 Å². The van der Waals surface area contributed by atoms with Crippen LogP contribution in [0.3, 0.4) is 0 Å². The van der Waals surface area contributed by atoms with Gasteiger partial charge in [0.15, 0.2) is 0 Å². The van der Waals surface area contributed by atoms with Crippen molar-refractivity contribution in [1.29, 1.82) is 0 Å². The normalized spacial score (nSPS) is 33.7. The molecule has 5 nitrogen and oxygen atoms in total. The second kappa shape index (κ2) is 4.94. The first-order valence-electron chi connectivity index (χ1n) is 8.02. The molecule has 2 fully saturated rings. The largest absolute Gasteiger partial charge is 0.446 e. The highest BCUT2D eigenvalue weighted by Crippen LogP contribution is 2.54. The van der Waals surface area contributed by atoms with Crippen molar-refractivity contribution >= 4 is 10.4 Å². The molecule has 1 aromatic carbocycles. The fourth-order valence-electron chi connectivity index (χ4n) is 5.08. The van der Waals surface area contributed by atoms with Crippen LogP contribution in [0.5, 0.6) is 5.75 Å². The van der Waals surface area contributed by atoms with Crippen LogP contribution in [0.4, 0.5) is 0 Å². The summed E-state index contributed by atoms with van der Waals surface area (Å²) < 4.78 is 35.6. The van der Waals surface area contributed by atoms with E-state index in [2.05, 4.69) is 5.32 Å². The Kier molecular flexibility index (Phi) is 3.25. The van der Waals surface area contributed by atoms with Crippen LogP contribution < -0.4 is 9.50 Å². The van der Waals surface area contributed by atoms with Crippen LogP contribution in [-0.4, -0.2) is 25.6 Å². The maximum absolute atomic E-state index is 11.0. The average Bonchev–Trinajstić information content (AvgIpc) is 2.46. The summed E-state index contributed by atoms with van der Waals surface area (Å²) in [5, 5.41) is 3.67. The van der Waals surface area contributed by atoms with Gasteiger partial charge in [-0.2, -0.15) is 8.42 Å². The molecule has 2 bridgehead atoms. The van der Waals surface area contributed by atoms with E-state index in [9.17, 15) is 8.42 Å². The number of rotatable bonds is 2. The van der Waals surface area contributed by atoms with Crippen LogP contribution in [0.25, 0.3) is 0 Å². The molecule has 120 valence electrons. The Morgan fingerprint density at radius 3 is 2.95 bits per heavy atom. The van der Waals surface area contributed by atoms with Crippen LogP contribution >= 0.6 is 0 Å². The van der Waals surface area contributed by atoms with E-state index in [1.807, 2.05) is 12.1 Å². The molecule has 4 rings (SSSR count). The van der Waals surface area contributed by atoms with Gasteiger partial charge in [-0.15, -0.1) is 0 Å². The zero-order chi connectivity index (χ0) is 15.4. The van der Waals surface area contributed by atoms with Crippen molar-refractivity contribution < 1.29 is 17.2 Å². The molecule has 1 saturated heterocycles.